The second kappa shape index (κ2) is 8.96. The first kappa shape index (κ1) is 22.2. The highest BCUT2D eigenvalue weighted by Gasteiger charge is 2.43. The second-order valence-electron chi connectivity index (χ2n) is 8.77. The van der Waals surface area contributed by atoms with Crippen molar-refractivity contribution in [2.75, 3.05) is 4.90 Å². The zero-order valence-corrected chi connectivity index (χ0v) is 19.6. The topological polar surface area (TPSA) is 64.4 Å². The van der Waals surface area contributed by atoms with Crippen LogP contribution in [0.2, 0.25) is 5.02 Å². The van der Waals surface area contributed by atoms with E-state index in [1.165, 1.54) is 0 Å². The maximum absolute atomic E-state index is 13.4. The molecule has 2 aliphatic rings. The molecule has 5 heteroatoms. The van der Waals surface area contributed by atoms with Crippen molar-refractivity contribution in [3.63, 3.8) is 0 Å². The molecule has 2 N–H and O–H groups in total. The number of hydrogen-bond acceptors (Lipinski definition) is 3. The van der Waals surface area contributed by atoms with Crippen LogP contribution in [0.5, 0.6) is 0 Å². The number of aliphatic hydroxyl groups is 1. The highest BCUT2D eigenvalue weighted by atomic mass is 35.5. The van der Waals surface area contributed by atoms with E-state index in [1.54, 1.807) is 12.1 Å². The van der Waals surface area contributed by atoms with Gasteiger partial charge in [-0.3, -0.25) is 15.1 Å². The van der Waals surface area contributed by atoms with Gasteiger partial charge >= 0.3 is 0 Å². The summed E-state index contributed by atoms with van der Waals surface area (Å²) in [4.78, 5) is 15.2. The van der Waals surface area contributed by atoms with Crippen LogP contribution in [0.4, 0.5) is 5.69 Å². The Hall–Kier alpha value is -3.63. The summed E-state index contributed by atoms with van der Waals surface area (Å²) < 4.78 is 0. The highest BCUT2D eigenvalue weighted by Crippen LogP contribution is 2.47. The maximum atomic E-state index is 13.4. The van der Waals surface area contributed by atoms with Crippen LogP contribution < -0.4 is 4.90 Å². The summed E-state index contributed by atoms with van der Waals surface area (Å²) in [5, 5.41) is 21.5. The van der Waals surface area contributed by atoms with E-state index in [4.69, 9.17) is 11.6 Å². The highest BCUT2D eigenvalue weighted by molar-refractivity contribution is 6.30. The van der Waals surface area contributed by atoms with E-state index < -0.39 is 5.92 Å². The van der Waals surface area contributed by atoms with E-state index in [2.05, 4.69) is 0 Å². The Morgan fingerprint density at radius 2 is 1.65 bits per heavy atom. The number of anilines is 1. The molecule has 1 heterocycles. The summed E-state index contributed by atoms with van der Waals surface area (Å²) >= 11 is 6.14. The van der Waals surface area contributed by atoms with Crippen molar-refractivity contribution in [1.82, 2.24) is 0 Å². The lowest BCUT2D eigenvalue weighted by molar-refractivity contribution is -0.116. The third-order valence-corrected chi connectivity index (χ3v) is 6.80. The molecule has 0 radical (unpaired) electrons. The van der Waals surface area contributed by atoms with Gasteiger partial charge in [-0.15, -0.1) is 0 Å². The van der Waals surface area contributed by atoms with Crippen LogP contribution >= 0.6 is 11.6 Å². The monoisotopic (exact) mass is 468 g/mol. The van der Waals surface area contributed by atoms with Gasteiger partial charge in [0.2, 0.25) is 0 Å². The average molecular weight is 469 g/mol. The van der Waals surface area contributed by atoms with Gasteiger partial charge in [0.25, 0.3) is 0 Å². The van der Waals surface area contributed by atoms with Crippen LogP contribution in [0.3, 0.4) is 0 Å². The lowest BCUT2D eigenvalue weighted by Crippen LogP contribution is -2.42. The molecule has 1 atom stereocenters. The van der Waals surface area contributed by atoms with Crippen molar-refractivity contribution in [2.45, 2.75) is 32.1 Å². The number of allylic oxidation sites excluding steroid dienone is 2. The van der Waals surface area contributed by atoms with E-state index in [1.807, 2.05) is 78.6 Å². The number of halogens is 1. The molecule has 0 spiro atoms. The molecule has 0 aromatic heterocycles. The minimum atomic E-state index is -0.513. The quantitative estimate of drug-likeness (QED) is 0.399. The number of Topliss-reactive ketones (excluding diaryl/α,β-unsaturated/α-hetero) is 1. The fourth-order valence-electron chi connectivity index (χ4n) is 4.91. The molecule has 0 fully saturated rings. The molecule has 0 amide bonds. The van der Waals surface area contributed by atoms with Crippen LogP contribution in [-0.4, -0.2) is 16.7 Å². The Bertz CT molecular complexity index is 1320. The van der Waals surface area contributed by atoms with E-state index in [0.29, 0.717) is 34.6 Å². The molecule has 1 aliphatic carbocycles. The first-order valence-corrected chi connectivity index (χ1v) is 11.8. The van der Waals surface area contributed by atoms with Gasteiger partial charge in [0.05, 0.1) is 0 Å². The SMILES string of the molecule is Cc1ccc(/C(O)=C2\C(=N)N(c3ccc(Cl)cc3)C3=C(C(=O)CCC3)[C@@H]2c2ccccc2)cc1. The van der Waals surface area contributed by atoms with Gasteiger partial charge in [0, 0.05) is 45.5 Å². The number of carbonyl (C=O) groups excluding carboxylic acids is 1. The fraction of sp³-hybridized carbons (Fsp3) is 0.172. The zero-order chi connectivity index (χ0) is 23.8. The zero-order valence-electron chi connectivity index (χ0n) is 18.9. The van der Waals surface area contributed by atoms with Gasteiger partial charge in [0.15, 0.2) is 5.78 Å². The van der Waals surface area contributed by atoms with Gasteiger partial charge < -0.3 is 5.11 Å². The molecule has 5 rings (SSSR count). The van der Waals surface area contributed by atoms with E-state index in [-0.39, 0.29) is 17.4 Å². The van der Waals surface area contributed by atoms with Gasteiger partial charge in [-0.2, -0.15) is 0 Å². The molecule has 1 aliphatic heterocycles. The third kappa shape index (κ3) is 3.84. The first-order chi connectivity index (χ1) is 16.5. The molecule has 170 valence electrons. The Morgan fingerprint density at radius 3 is 2.32 bits per heavy atom. The van der Waals surface area contributed by atoms with Crippen LogP contribution in [0.1, 0.15) is 41.9 Å². The van der Waals surface area contributed by atoms with Crippen molar-refractivity contribution >= 4 is 34.7 Å². The summed E-state index contributed by atoms with van der Waals surface area (Å²) in [6.07, 6.45) is 1.88. The number of rotatable bonds is 3. The molecule has 0 saturated carbocycles. The predicted octanol–water partition coefficient (Wildman–Crippen LogP) is 7.21. The number of hydrogen-bond donors (Lipinski definition) is 2. The number of aliphatic hydroxyl groups excluding tert-OH is 1. The molecule has 3 aromatic rings. The van der Waals surface area contributed by atoms with Crippen LogP contribution in [0.15, 0.2) is 95.7 Å². The summed E-state index contributed by atoms with van der Waals surface area (Å²) in [7, 11) is 0. The summed E-state index contributed by atoms with van der Waals surface area (Å²) in [6, 6.07) is 24.5. The minimum absolute atomic E-state index is 0.0164. The number of ketones is 1. The lowest BCUT2D eigenvalue weighted by atomic mass is 9.73. The van der Waals surface area contributed by atoms with Gasteiger partial charge in [0.1, 0.15) is 11.6 Å². The summed E-state index contributed by atoms with van der Waals surface area (Å²) in [6.45, 7) is 1.99. The first-order valence-electron chi connectivity index (χ1n) is 11.4. The van der Waals surface area contributed by atoms with Gasteiger partial charge in [-0.1, -0.05) is 71.8 Å². The van der Waals surface area contributed by atoms with Crippen LogP contribution in [0, 0.1) is 12.3 Å². The van der Waals surface area contributed by atoms with E-state index in [9.17, 15) is 15.3 Å². The van der Waals surface area contributed by atoms with Crippen molar-refractivity contribution < 1.29 is 9.90 Å². The Kier molecular flexibility index (Phi) is 5.84. The molecule has 4 nitrogen and oxygen atoms in total. The largest absolute Gasteiger partial charge is 0.507 e. The maximum Gasteiger partial charge on any atom is 0.161 e. The van der Waals surface area contributed by atoms with Crippen molar-refractivity contribution in [1.29, 1.82) is 5.41 Å². The molecule has 3 aromatic carbocycles. The third-order valence-electron chi connectivity index (χ3n) is 6.55. The Balaban J connectivity index is 1.81. The number of nitrogens with one attached hydrogen (secondary N) is 1. The van der Waals surface area contributed by atoms with E-state index >= 15 is 0 Å². The standard InChI is InChI=1S/C29H25ClN2O2/c1-18-10-12-20(13-11-18)28(34)27-25(19-6-3-2-4-7-19)26-23(8-5-9-24(26)33)32(29(27)31)22-16-14-21(30)15-17-22/h2-4,6-7,10-17,25,31,34H,5,8-9H2,1H3/b28-27+,31-29?/t25-/m0/s1. The van der Waals surface area contributed by atoms with Crippen LogP contribution in [-0.2, 0) is 4.79 Å². The van der Waals surface area contributed by atoms with Gasteiger partial charge in [-0.05, 0) is 49.6 Å². The summed E-state index contributed by atoms with van der Waals surface area (Å²) in [5.41, 5.74) is 5.26. The number of nitrogens with zero attached hydrogens (tertiary/aromatic N) is 1. The Morgan fingerprint density at radius 1 is 0.971 bits per heavy atom. The molecule has 34 heavy (non-hydrogen) atoms. The number of amidine groups is 1. The number of aryl methyl sites for hydroxylation is 1. The van der Waals surface area contributed by atoms with Gasteiger partial charge in [-0.25, -0.2) is 0 Å². The molecule has 0 bridgehead atoms. The van der Waals surface area contributed by atoms with Crippen molar-refractivity contribution in [2.24, 2.45) is 0 Å². The molecular weight excluding hydrogens is 444 g/mol. The normalized spacial score (nSPS) is 19.8. The van der Waals surface area contributed by atoms with Crippen molar-refractivity contribution in [3.05, 3.63) is 117 Å². The fourth-order valence-corrected chi connectivity index (χ4v) is 5.04. The predicted molar refractivity (Wildman–Crippen MR) is 137 cm³/mol. The molecule has 0 unspecified atom stereocenters. The number of carbonyl (C=O) groups is 1. The van der Waals surface area contributed by atoms with E-state index in [0.717, 1.165) is 28.9 Å². The molecular formula is C29H25ClN2O2. The second-order valence-corrected chi connectivity index (χ2v) is 9.21. The number of benzene rings is 3. The lowest BCUT2D eigenvalue weighted by Gasteiger charge is -2.41. The average Bonchev–Trinajstić information content (AvgIpc) is 2.85. The Labute approximate surface area is 204 Å². The smallest absolute Gasteiger partial charge is 0.161 e. The summed E-state index contributed by atoms with van der Waals surface area (Å²) in [5.74, 6) is -0.262. The van der Waals surface area contributed by atoms with Crippen LogP contribution in [0.25, 0.3) is 5.76 Å². The minimum Gasteiger partial charge on any atom is -0.507 e. The molecule has 0 saturated heterocycles. The van der Waals surface area contributed by atoms with Crippen molar-refractivity contribution in [3.8, 4) is 0 Å².